The van der Waals surface area contributed by atoms with E-state index in [-0.39, 0.29) is 12.5 Å². The number of rotatable bonds is 33. The molecule has 1 amide bonds. The molecule has 0 heterocycles. The van der Waals surface area contributed by atoms with E-state index in [1.807, 2.05) is 6.08 Å². The fraction of sp³-hybridized carbons (Fsp3) is 0.821. The first-order chi connectivity index (χ1) is 21.2. The minimum absolute atomic E-state index is 0.0863. The molecular weight excluding hydrogens is 530 g/mol. The molecule has 252 valence electrons. The molecule has 3 N–H and O–H groups in total. The Bertz CT molecular complexity index is 657. The lowest BCUT2D eigenvalue weighted by Crippen LogP contribution is -2.45. The number of unbranched alkanes of at least 4 members (excludes halogenated alkanes) is 22. The third-order valence-electron chi connectivity index (χ3n) is 8.35. The predicted octanol–water partition coefficient (Wildman–Crippen LogP) is 11.1. The average molecular weight is 604 g/mol. The van der Waals surface area contributed by atoms with Crippen molar-refractivity contribution in [2.45, 2.75) is 199 Å². The second kappa shape index (κ2) is 35.1. The lowest BCUT2D eigenvalue weighted by Gasteiger charge is -2.19. The van der Waals surface area contributed by atoms with Gasteiger partial charge in [0.2, 0.25) is 5.91 Å². The molecule has 4 heteroatoms. The molecule has 0 spiro atoms. The van der Waals surface area contributed by atoms with Gasteiger partial charge in [-0.2, -0.15) is 0 Å². The largest absolute Gasteiger partial charge is 0.394 e. The monoisotopic (exact) mass is 604 g/mol. The zero-order valence-corrected chi connectivity index (χ0v) is 28.7. The van der Waals surface area contributed by atoms with E-state index in [0.29, 0.717) is 6.42 Å². The Balaban J connectivity index is 3.65. The van der Waals surface area contributed by atoms with Gasteiger partial charge in [0.25, 0.3) is 0 Å². The maximum atomic E-state index is 12.3. The van der Waals surface area contributed by atoms with Crippen molar-refractivity contribution < 1.29 is 15.0 Å². The van der Waals surface area contributed by atoms with Crippen molar-refractivity contribution in [1.82, 2.24) is 5.32 Å². The van der Waals surface area contributed by atoms with Crippen LogP contribution in [0.4, 0.5) is 0 Å². The van der Waals surface area contributed by atoms with Crippen LogP contribution in [-0.2, 0) is 4.79 Å². The number of hydrogen-bond acceptors (Lipinski definition) is 3. The Morgan fingerprint density at radius 1 is 0.535 bits per heavy atom. The van der Waals surface area contributed by atoms with Gasteiger partial charge in [0.05, 0.1) is 18.8 Å². The van der Waals surface area contributed by atoms with Crippen LogP contribution in [0.1, 0.15) is 187 Å². The van der Waals surface area contributed by atoms with Crippen molar-refractivity contribution in [3.05, 3.63) is 36.5 Å². The first kappa shape index (κ1) is 41.6. The first-order valence-corrected chi connectivity index (χ1v) is 18.7. The maximum Gasteiger partial charge on any atom is 0.220 e. The summed E-state index contributed by atoms with van der Waals surface area (Å²) in [4.78, 5) is 12.3. The van der Waals surface area contributed by atoms with Crippen LogP contribution in [0.3, 0.4) is 0 Å². The Morgan fingerprint density at radius 3 is 1.42 bits per heavy atom. The minimum Gasteiger partial charge on any atom is -0.394 e. The molecule has 0 saturated heterocycles. The highest BCUT2D eigenvalue weighted by Gasteiger charge is 2.17. The molecule has 0 aromatic heterocycles. The molecule has 2 unspecified atom stereocenters. The van der Waals surface area contributed by atoms with E-state index in [1.165, 1.54) is 122 Å². The topological polar surface area (TPSA) is 69.6 Å². The number of allylic oxidation sites excluding steroid dienone is 5. The van der Waals surface area contributed by atoms with Crippen LogP contribution >= 0.6 is 0 Å². The van der Waals surface area contributed by atoms with Gasteiger partial charge in [-0.25, -0.2) is 0 Å². The summed E-state index contributed by atoms with van der Waals surface area (Å²) in [6.07, 6.45) is 45.2. The number of aliphatic hydroxyl groups excluding tert-OH is 2. The van der Waals surface area contributed by atoms with Gasteiger partial charge in [0, 0.05) is 6.42 Å². The van der Waals surface area contributed by atoms with Gasteiger partial charge in [0.1, 0.15) is 0 Å². The Labute approximate surface area is 268 Å². The molecule has 0 aliphatic heterocycles. The van der Waals surface area contributed by atoms with Crippen molar-refractivity contribution in [2.75, 3.05) is 6.61 Å². The molecule has 0 aliphatic carbocycles. The Morgan fingerprint density at radius 2 is 0.930 bits per heavy atom. The van der Waals surface area contributed by atoms with Gasteiger partial charge >= 0.3 is 0 Å². The highest BCUT2D eigenvalue weighted by atomic mass is 16.3. The lowest BCUT2D eigenvalue weighted by atomic mass is 10.0. The minimum atomic E-state index is -0.862. The molecular formula is C39H73NO3. The molecule has 0 saturated carbocycles. The smallest absolute Gasteiger partial charge is 0.220 e. The predicted molar refractivity (Wildman–Crippen MR) is 188 cm³/mol. The van der Waals surface area contributed by atoms with Crippen molar-refractivity contribution in [1.29, 1.82) is 0 Å². The van der Waals surface area contributed by atoms with Gasteiger partial charge in [-0.15, -0.1) is 0 Å². The molecule has 0 rings (SSSR count). The number of hydrogen-bond donors (Lipinski definition) is 3. The lowest BCUT2D eigenvalue weighted by molar-refractivity contribution is -0.123. The van der Waals surface area contributed by atoms with E-state index in [0.717, 1.165) is 44.9 Å². The van der Waals surface area contributed by atoms with Crippen molar-refractivity contribution in [2.24, 2.45) is 0 Å². The summed E-state index contributed by atoms with van der Waals surface area (Å²) in [5.74, 6) is -0.0863. The van der Waals surface area contributed by atoms with Crippen LogP contribution < -0.4 is 5.32 Å². The molecule has 0 aromatic rings. The van der Waals surface area contributed by atoms with Crippen molar-refractivity contribution in [3.63, 3.8) is 0 Å². The molecule has 43 heavy (non-hydrogen) atoms. The summed E-state index contributed by atoms with van der Waals surface area (Å²) in [6.45, 7) is 4.24. The fourth-order valence-electron chi connectivity index (χ4n) is 5.41. The van der Waals surface area contributed by atoms with E-state index in [1.54, 1.807) is 6.08 Å². The van der Waals surface area contributed by atoms with E-state index in [2.05, 4.69) is 43.5 Å². The number of aliphatic hydroxyl groups is 2. The summed E-state index contributed by atoms with van der Waals surface area (Å²) in [5, 5.41) is 22.8. The highest BCUT2D eigenvalue weighted by molar-refractivity contribution is 5.76. The van der Waals surface area contributed by atoms with Gasteiger partial charge in [-0.3, -0.25) is 4.79 Å². The highest BCUT2D eigenvalue weighted by Crippen LogP contribution is 2.14. The quantitative estimate of drug-likeness (QED) is 0.0516. The number of nitrogens with one attached hydrogen (secondary N) is 1. The molecule has 0 bridgehead atoms. The van der Waals surface area contributed by atoms with Gasteiger partial charge in [-0.1, -0.05) is 166 Å². The van der Waals surface area contributed by atoms with Crippen molar-refractivity contribution in [3.8, 4) is 0 Å². The number of amides is 1. The van der Waals surface area contributed by atoms with Crippen LogP contribution in [0.25, 0.3) is 0 Å². The van der Waals surface area contributed by atoms with Gasteiger partial charge in [0.15, 0.2) is 0 Å². The zero-order chi connectivity index (χ0) is 31.5. The van der Waals surface area contributed by atoms with Crippen LogP contribution in [0.15, 0.2) is 36.5 Å². The van der Waals surface area contributed by atoms with Crippen molar-refractivity contribution >= 4 is 5.91 Å². The normalized spacial score (nSPS) is 13.5. The van der Waals surface area contributed by atoms with Gasteiger partial charge < -0.3 is 15.5 Å². The summed E-state index contributed by atoms with van der Waals surface area (Å²) in [7, 11) is 0. The van der Waals surface area contributed by atoms with Crippen LogP contribution in [-0.4, -0.2) is 34.9 Å². The second-order valence-corrected chi connectivity index (χ2v) is 12.6. The fourth-order valence-corrected chi connectivity index (χ4v) is 5.41. The third kappa shape index (κ3) is 31.8. The van der Waals surface area contributed by atoms with E-state index >= 15 is 0 Å². The molecule has 0 aromatic carbocycles. The average Bonchev–Trinajstić information content (AvgIpc) is 3.01. The number of carbonyl (C=O) groups excluding carboxylic acids is 1. The summed E-state index contributed by atoms with van der Waals surface area (Å²) >= 11 is 0. The molecule has 0 aliphatic rings. The van der Waals surface area contributed by atoms with Gasteiger partial charge in [-0.05, 0) is 51.4 Å². The standard InChI is InChI=1S/C39H73NO3/c1-3-5-7-9-11-13-15-16-17-18-19-20-21-22-23-25-26-28-30-32-34-38(42)37(36-41)40-39(43)35-33-31-29-27-24-14-12-10-8-6-4-2/h10,12,25-26,32,34,37-38,41-42H,3-9,11,13-24,27-31,33,35-36H2,1-2H3,(H,40,43)/b12-10-,26-25+,34-32+. The Hall–Kier alpha value is -1.39. The molecule has 4 nitrogen and oxygen atoms in total. The summed E-state index contributed by atoms with van der Waals surface area (Å²) in [6, 6.07) is -0.640. The van der Waals surface area contributed by atoms with Crippen LogP contribution in [0.5, 0.6) is 0 Å². The molecule has 2 atom stereocenters. The molecule has 0 fully saturated rings. The number of carbonyl (C=O) groups is 1. The first-order valence-electron chi connectivity index (χ1n) is 18.7. The second-order valence-electron chi connectivity index (χ2n) is 12.6. The van der Waals surface area contributed by atoms with E-state index in [9.17, 15) is 15.0 Å². The SMILES string of the molecule is CCCC/C=C\CCCCCCCC(=O)NC(CO)C(O)/C=C/CC/C=C/CCCCCCCCCCCCCCCC. The Kier molecular flexibility index (Phi) is 34.0. The van der Waals surface area contributed by atoms with Crippen LogP contribution in [0, 0.1) is 0 Å². The summed E-state index contributed by atoms with van der Waals surface area (Å²) in [5.41, 5.74) is 0. The van der Waals surface area contributed by atoms with E-state index < -0.39 is 12.1 Å². The zero-order valence-electron chi connectivity index (χ0n) is 28.7. The third-order valence-corrected chi connectivity index (χ3v) is 8.35. The van der Waals surface area contributed by atoms with E-state index in [4.69, 9.17) is 0 Å². The molecule has 0 radical (unpaired) electrons. The summed E-state index contributed by atoms with van der Waals surface area (Å²) < 4.78 is 0. The van der Waals surface area contributed by atoms with Crippen LogP contribution in [0.2, 0.25) is 0 Å². The maximum absolute atomic E-state index is 12.3.